The Labute approximate surface area is 83.5 Å². The van der Waals surface area contributed by atoms with E-state index in [1.54, 1.807) is 0 Å². The molecule has 0 aromatic carbocycles. The van der Waals surface area contributed by atoms with Gasteiger partial charge in [0.15, 0.2) is 0 Å². The maximum Gasteiger partial charge on any atom is 0.0118 e. The molecule has 0 aromatic heterocycles. The summed E-state index contributed by atoms with van der Waals surface area (Å²) in [4.78, 5) is 2.42. The van der Waals surface area contributed by atoms with Crippen molar-refractivity contribution in [2.45, 2.75) is 52.5 Å². The molecule has 2 atom stereocenters. The Morgan fingerprint density at radius 2 is 1.77 bits per heavy atom. The molecule has 13 heavy (non-hydrogen) atoms. The largest absolute Gasteiger partial charge is 0.306 e. The standard InChI is InChI=1S/C12H25N/c1-12(2,3)9-10-7-6-8-11(10)13(4)5/h10-11H,6-9H2,1-5H3. The van der Waals surface area contributed by atoms with E-state index >= 15 is 0 Å². The summed E-state index contributed by atoms with van der Waals surface area (Å²) in [6.07, 6.45) is 5.67. The van der Waals surface area contributed by atoms with E-state index in [0.29, 0.717) is 5.41 Å². The molecule has 0 heterocycles. The molecule has 0 aliphatic heterocycles. The molecule has 1 fully saturated rings. The van der Waals surface area contributed by atoms with Crippen molar-refractivity contribution in [1.29, 1.82) is 0 Å². The second-order valence-electron chi connectivity index (χ2n) is 5.99. The summed E-state index contributed by atoms with van der Waals surface area (Å²) in [6.45, 7) is 7.08. The minimum absolute atomic E-state index is 0.503. The normalized spacial score (nSPS) is 30.0. The van der Waals surface area contributed by atoms with Crippen LogP contribution in [0.4, 0.5) is 0 Å². The van der Waals surface area contributed by atoms with E-state index in [9.17, 15) is 0 Å². The van der Waals surface area contributed by atoms with Crippen LogP contribution in [-0.2, 0) is 0 Å². The summed E-state index contributed by atoms with van der Waals surface area (Å²) < 4.78 is 0. The predicted octanol–water partition coefficient (Wildman–Crippen LogP) is 3.15. The van der Waals surface area contributed by atoms with Crippen LogP contribution in [0.25, 0.3) is 0 Å². The highest BCUT2D eigenvalue weighted by atomic mass is 15.1. The van der Waals surface area contributed by atoms with Crippen molar-refractivity contribution in [3.8, 4) is 0 Å². The zero-order valence-corrected chi connectivity index (χ0v) is 9.93. The van der Waals surface area contributed by atoms with Gasteiger partial charge < -0.3 is 4.90 Å². The molecule has 1 aliphatic rings. The van der Waals surface area contributed by atoms with E-state index in [0.717, 1.165) is 12.0 Å². The van der Waals surface area contributed by atoms with Crippen molar-refractivity contribution >= 4 is 0 Å². The first-order chi connectivity index (χ1) is 5.90. The molecule has 0 radical (unpaired) electrons. The fourth-order valence-electron chi connectivity index (χ4n) is 2.72. The van der Waals surface area contributed by atoms with Crippen LogP contribution in [0.15, 0.2) is 0 Å². The average molecular weight is 183 g/mol. The van der Waals surface area contributed by atoms with Crippen molar-refractivity contribution in [2.24, 2.45) is 11.3 Å². The first-order valence-corrected chi connectivity index (χ1v) is 5.56. The fraction of sp³-hybridized carbons (Fsp3) is 1.00. The van der Waals surface area contributed by atoms with Crippen LogP contribution in [0.2, 0.25) is 0 Å². The van der Waals surface area contributed by atoms with Crippen molar-refractivity contribution < 1.29 is 0 Å². The molecule has 0 N–H and O–H groups in total. The van der Waals surface area contributed by atoms with Gasteiger partial charge in [-0.05, 0) is 44.7 Å². The van der Waals surface area contributed by atoms with Gasteiger partial charge in [-0.1, -0.05) is 27.2 Å². The number of rotatable bonds is 2. The summed E-state index contributed by atoms with van der Waals surface area (Å²) in [5.74, 6) is 0.940. The van der Waals surface area contributed by atoms with Crippen molar-refractivity contribution in [3.63, 3.8) is 0 Å². The van der Waals surface area contributed by atoms with E-state index < -0.39 is 0 Å². The van der Waals surface area contributed by atoms with Crippen LogP contribution >= 0.6 is 0 Å². The Morgan fingerprint density at radius 1 is 1.15 bits per heavy atom. The molecule has 1 rings (SSSR count). The SMILES string of the molecule is CN(C)C1CCCC1CC(C)(C)C. The highest BCUT2D eigenvalue weighted by molar-refractivity contribution is 4.85. The van der Waals surface area contributed by atoms with Gasteiger partial charge in [-0.2, -0.15) is 0 Å². The summed E-state index contributed by atoms with van der Waals surface area (Å²) in [7, 11) is 4.46. The summed E-state index contributed by atoms with van der Waals surface area (Å²) >= 11 is 0. The molecule has 2 unspecified atom stereocenters. The second kappa shape index (κ2) is 4.00. The molecular weight excluding hydrogens is 158 g/mol. The van der Waals surface area contributed by atoms with Gasteiger partial charge in [0.05, 0.1) is 0 Å². The molecule has 1 nitrogen and oxygen atoms in total. The lowest BCUT2D eigenvalue weighted by molar-refractivity contribution is 0.186. The highest BCUT2D eigenvalue weighted by Gasteiger charge is 2.31. The van der Waals surface area contributed by atoms with Crippen LogP contribution in [0.3, 0.4) is 0 Å². The summed E-state index contributed by atoms with van der Waals surface area (Å²) in [5.41, 5.74) is 0.503. The van der Waals surface area contributed by atoms with Gasteiger partial charge >= 0.3 is 0 Å². The molecule has 0 aromatic rings. The minimum Gasteiger partial charge on any atom is -0.306 e. The van der Waals surface area contributed by atoms with Gasteiger partial charge in [0.1, 0.15) is 0 Å². The third kappa shape index (κ3) is 3.30. The Morgan fingerprint density at radius 3 is 2.23 bits per heavy atom. The predicted molar refractivity (Wildman–Crippen MR) is 58.9 cm³/mol. The van der Waals surface area contributed by atoms with Gasteiger partial charge in [0.2, 0.25) is 0 Å². The Kier molecular flexibility index (Phi) is 3.39. The van der Waals surface area contributed by atoms with E-state index in [1.165, 1.54) is 25.7 Å². The molecule has 0 bridgehead atoms. The number of nitrogens with zero attached hydrogens (tertiary/aromatic N) is 1. The second-order valence-corrected chi connectivity index (χ2v) is 5.99. The van der Waals surface area contributed by atoms with Crippen molar-refractivity contribution in [2.75, 3.05) is 14.1 Å². The Bertz CT molecular complexity index is 155. The first-order valence-electron chi connectivity index (χ1n) is 5.56. The monoisotopic (exact) mass is 183 g/mol. The van der Waals surface area contributed by atoms with Gasteiger partial charge in [-0.25, -0.2) is 0 Å². The van der Waals surface area contributed by atoms with Gasteiger partial charge in [0, 0.05) is 6.04 Å². The third-order valence-electron chi connectivity index (χ3n) is 3.16. The van der Waals surface area contributed by atoms with Crippen LogP contribution in [0.1, 0.15) is 46.5 Å². The highest BCUT2D eigenvalue weighted by Crippen LogP contribution is 2.37. The maximum atomic E-state index is 2.42. The lowest BCUT2D eigenvalue weighted by Crippen LogP contribution is -2.33. The fourth-order valence-corrected chi connectivity index (χ4v) is 2.72. The average Bonchev–Trinajstić information content (AvgIpc) is 2.31. The smallest absolute Gasteiger partial charge is 0.0118 e. The Balaban J connectivity index is 2.49. The number of hydrogen-bond acceptors (Lipinski definition) is 1. The van der Waals surface area contributed by atoms with Crippen LogP contribution in [0, 0.1) is 11.3 Å². The zero-order chi connectivity index (χ0) is 10.1. The van der Waals surface area contributed by atoms with Crippen LogP contribution in [-0.4, -0.2) is 25.0 Å². The molecule has 0 amide bonds. The Hall–Kier alpha value is -0.0400. The van der Waals surface area contributed by atoms with E-state index in [2.05, 4.69) is 39.8 Å². The molecule has 78 valence electrons. The summed E-state index contributed by atoms with van der Waals surface area (Å²) in [5, 5.41) is 0. The molecular formula is C12H25N. The minimum atomic E-state index is 0.503. The first kappa shape index (κ1) is 11.0. The molecule has 0 spiro atoms. The molecule has 0 saturated heterocycles. The third-order valence-corrected chi connectivity index (χ3v) is 3.16. The quantitative estimate of drug-likeness (QED) is 0.635. The maximum absolute atomic E-state index is 2.42. The van der Waals surface area contributed by atoms with Crippen LogP contribution < -0.4 is 0 Å². The number of hydrogen-bond donors (Lipinski definition) is 0. The van der Waals surface area contributed by atoms with Crippen molar-refractivity contribution in [1.82, 2.24) is 4.90 Å². The molecule has 1 heteroatoms. The van der Waals surface area contributed by atoms with Gasteiger partial charge in [0.25, 0.3) is 0 Å². The molecule has 1 saturated carbocycles. The topological polar surface area (TPSA) is 3.24 Å². The van der Waals surface area contributed by atoms with E-state index in [1.807, 2.05) is 0 Å². The van der Waals surface area contributed by atoms with Crippen LogP contribution in [0.5, 0.6) is 0 Å². The van der Waals surface area contributed by atoms with Gasteiger partial charge in [-0.15, -0.1) is 0 Å². The lowest BCUT2D eigenvalue weighted by atomic mass is 9.82. The van der Waals surface area contributed by atoms with E-state index in [4.69, 9.17) is 0 Å². The molecule has 1 aliphatic carbocycles. The van der Waals surface area contributed by atoms with Crippen molar-refractivity contribution in [3.05, 3.63) is 0 Å². The van der Waals surface area contributed by atoms with E-state index in [-0.39, 0.29) is 0 Å². The lowest BCUT2D eigenvalue weighted by Gasteiger charge is -2.31. The van der Waals surface area contributed by atoms with Gasteiger partial charge in [-0.3, -0.25) is 0 Å². The zero-order valence-electron chi connectivity index (χ0n) is 9.93. The summed E-state index contributed by atoms with van der Waals surface area (Å²) in [6, 6.07) is 0.847.